The van der Waals surface area contributed by atoms with Gasteiger partial charge in [-0.25, -0.2) is 0 Å². The highest BCUT2D eigenvalue weighted by Gasteiger charge is 2.18. The first kappa shape index (κ1) is 14.8. The van der Waals surface area contributed by atoms with Gasteiger partial charge >= 0.3 is 0 Å². The summed E-state index contributed by atoms with van der Waals surface area (Å²) in [5.41, 5.74) is 1.24. The van der Waals surface area contributed by atoms with Gasteiger partial charge in [-0.15, -0.1) is 0 Å². The van der Waals surface area contributed by atoms with Crippen molar-refractivity contribution >= 4 is 5.96 Å². The number of aliphatic imine (C=N–C) groups is 1. The highest BCUT2D eigenvalue weighted by atomic mass is 16.5. The predicted molar refractivity (Wildman–Crippen MR) is 79.8 cm³/mol. The van der Waals surface area contributed by atoms with E-state index in [4.69, 9.17) is 4.74 Å². The molecule has 6 nitrogen and oxygen atoms in total. The number of hydrogen-bond acceptors (Lipinski definition) is 3. The largest absolute Gasteiger partial charge is 0.381 e. The lowest BCUT2D eigenvalue weighted by molar-refractivity contribution is 0.181. The van der Waals surface area contributed by atoms with Gasteiger partial charge in [0.15, 0.2) is 5.96 Å². The molecule has 20 heavy (non-hydrogen) atoms. The van der Waals surface area contributed by atoms with Gasteiger partial charge in [0.2, 0.25) is 0 Å². The molecular formula is C14H25N5O. The smallest absolute Gasteiger partial charge is 0.193 e. The van der Waals surface area contributed by atoms with Gasteiger partial charge in [0, 0.05) is 53.0 Å². The lowest BCUT2D eigenvalue weighted by Gasteiger charge is -2.24. The van der Waals surface area contributed by atoms with Crippen LogP contribution >= 0.6 is 0 Å². The topological polar surface area (TPSA) is 54.7 Å². The Hall–Kier alpha value is -1.56. The summed E-state index contributed by atoms with van der Waals surface area (Å²) in [4.78, 5) is 6.52. The quantitative estimate of drug-likeness (QED) is 0.630. The molecule has 0 aromatic carbocycles. The summed E-state index contributed by atoms with van der Waals surface area (Å²) in [6, 6.07) is 0. The Morgan fingerprint density at radius 2 is 2.50 bits per heavy atom. The van der Waals surface area contributed by atoms with Crippen LogP contribution in [-0.4, -0.2) is 61.0 Å². The zero-order valence-electron chi connectivity index (χ0n) is 12.7. The Kier molecular flexibility index (Phi) is 5.40. The van der Waals surface area contributed by atoms with Gasteiger partial charge in [-0.3, -0.25) is 9.67 Å². The molecule has 112 valence electrons. The third-order valence-corrected chi connectivity index (χ3v) is 3.58. The van der Waals surface area contributed by atoms with Crippen LogP contribution in [0.25, 0.3) is 0 Å². The second kappa shape index (κ2) is 7.28. The molecule has 6 heteroatoms. The maximum Gasteiger partial charge on any atom is 0.193 e. The summed E-state index contributed by atoms with van der Waals surface area (Å²) in [5, 5.41) is 7.57. The molecule has 2 rings (SSSR count). The van der Waals surface area contributed by atoms with Crippen molar-refractivity contribution < 1.29 is 4.74 Å². The normalized spacial score (nSPS) is 19.4. The number of ether oxygens (including phenoxy) is 1. The molecular weight excluding hydrogens is 254 g/mol. The Morgan fingerprint density at radius 1 is 1.65 bits per heavy atom. The fourth-order valence-corrected chi connectivity index (χ4v) is 2.51. The summed E-state index contributed by atoms with van der Waals surface area (Å²) in [7, 11) is 5.85. The van der Waals surface area contributed by atoms with Crippen molar-refractivity contribution in [3.63, 3.8) is 0 Å². The van der Waals surface area contributed by atoms with E-state index in [2.05, 4.69) is 27.4 Å². The molecule has 1 aliphatic heterocycles. The minimum Gasteiger partial charge on any atom is -0.381 e. The first-order valence-corrected chi connectivity index (χ1v) is 7.16. The molecule has 0 aliphatic carbocycles. The number of rotatable bonds is 5. The fraction of sp³-hybridized carbons (Fsp3) is 0.714. The molecule has 1 fully saturated rings. The van der Waals surface area contributed by atoms with Crippen molar-refractivity contribution in [2.45, 2.75) is 12.8 Å². The van der Waals surface area contributed by atoms with E-state index in [1.165, 1.54) is 5.56 Å². The van der Waals surface area contributed by atoms with Gasteiger partial charge in [0.05, 0.1) is 12.8 Å². The van der Waals surface area contributed by atoms with E-state index < -0.39 is 0 Å². The van der Waals surface area contributed by atoms with Crippen molar-refractivity contribution in [3.8, 4) is 0 Å². The Bertz CT molecular complexity index is 437. The van der Waals surface area contributed by atoms with Crippen LogP contribution < -0.4 is 5.32 Å². The molecule has 0 radical (unpaired) electrons. The molecule has 1 aromatic rings. The number of hydrogen-bond donors (Lipinski definition) is 1. The monoisotopic (exact) mass is 279 g/mol. The van der Waals surface area contributed by atoms with E-state index in [1.807, 2.05) is 31.2 Å². The first-order valence-electron chi connectivity index (χ1n) is 7.16. The van der Waals surface area contributed by atoms with Gasteiger partial charge in [-0.05, 0) is 18.4 Å². The average molecular weight is 279 g/mol. The summed E-state index contributed by atoms with van der Waals surface area (Å²) >= 11 is 0. The van der Waals surface area contributed by atoms with E-state index in [0.29, 0.717) is 5.92 Å². The molecule has 1 atom stereocenters. The number of nitrogens with one attached hydrogen (secondary N) is 1. The van der Waals surface area contributed by atoms with Crippen LogP contribution in [0, 0.1) is 5.92 Å². The minimum atomic E-state index is 0.622. The summed E-state index contributed by atoms with van der Waals surface area (Å²) in [6.45, 7) is 3.62. The highest BCUT2D eigenvalue weighted by molar-refractivity contribution is 5.79. The molecule has 0 saturated carbocycles. The molecule has 1 aliphatic rings. The number of aryl methyl sites for hydroxylation is 1. The molecule has 0 amide bonds. The van der Waals surface area contributed by atoms with Crippen LogP contribution in [0.3, 0.4) is 0 Å². The second-order valence-corrected chi connectivity index (χ2v) is 5.36. The van der Waals surface area contributed by atoms with Gasteiger partial charge < -0.3 is 15.0 Å². The van der Waals surface area contributed by atoms with Gasteiger partial charge in [-0.2, -0.15) is 5.10 Å². The third kappa shape index (κ3) is 4.23. The van der Waals surface area contributed by atoms with Gasteiger partial charge in [0.25, 0.3) is 0 Å². The first-order chi connectivity index (χ1) is 9.69. The van der Waals surface area contributed by atoms with Crippen molar-refractivity contribution in [1.29, 1.82) is 0 Å². The van der Waals surface area contributed by atoms with Crippen molar-refractivity contribution in [3.05, 3.63) is 18.0 Å². The minimum absolute atomic E-state index is 0.622. The van der Waals surface area contributed by atoms with Crippen LogP contribution in [0.5, 0.6) is 0 Å². The lowest BCUT2D eigenvalue weighted by Crippen LogP contribution is -2.42. The van der Waals surface area contributed by atoms with Crippen LogP contribution in [0.4, 0.5) is 0 Å². The lowest BCUT2D eigenvalue weighted by atomic mass is 10.1. The van der Waals surface area contributed by atoms with Gasteiger partial charge in [0.1, 0.15) is 0 Å². The summed E-state index contributed by atoms with van der Waals surface area (Å²) in [5.74, 6) is 1.57. The number of nitrogens with zero attached hydrogens (tertiary/aromatic N) is 4. The van der Waals surface area contributed by atoms with E-state index in [0.717, 1.165) is 45.1 Å². The van der Waals surface area contributed by atoms with Crippen LogP contribution in [-0.2, 0) is 18.2 Å². The fourth-order valence-electron chi connectivity index (χ4n) is 2.51. The van der Waals surface area contributed by atoms with Crippen molar-refractivity contribution in [1.82, 2.24) is 20.0 Å². The van der Waals surface area contributed by atoms with E-state index in [-0.39, 0.29) is 0 Å². The number of guanidine groups is 1. The second-order valence-electron chi connectivity index (χ2n) is 5.36. The Balaban J connectivity index is 1.73. The Labute approximate surface area is 120 Å². The standard InChI is InChI=1S/C14H25N5O/c1-15-14(18(2)9-13-5-7-20-11-13)16-6-4-12-8-17-19(3)10-12/h8,10,13H,4-7,9,11H2,1-3H3,(H,15,16). The average Bonchev–Trinajstić information content (AvgIpc) is 3.06. The van der Waals surface area contributed by atoms with E-state index >= 15 is 0 Å². The van der Waals surface area contributed by atoms with Crippen molar-refractivity contribution in [2.24, 2.45) is 18.0 Å². The van der Waals surface area contributed by atoms with E-state index in [9.17, 15) is 0 Å². The van der Waals surface area contributed by atoms with Crippen LogP contribution in [0.2, 0.25) is 0 Å². The molecule has 1 saturated heterocycles. The molecule has 0 spiro atoms. The third-order valence-electron chi connectivity index (χ3n) is 3.58. The zero-order valence-corrected chi connectivity index (χ0v) is 12.7. The molecule has 1 unspecified atom stereocenters. The Morgan fingerprint density at radius 3 is 3.10 bits per heavy atom. The highest BCUT2D eigenvalue weighted by Crippen LogP contribution is 2.13. The van der Waals surface area contributed by atoms with Crippen molar-refractivity contribution in [2.75, 3.05) is 40.4 Å². The summed E-state index contributed by atoms with van der Waals surface area (Å²) in [6.07, 6.45) is 6.05. The van der Waals surface area contributed by atoms with E-state index in [1.54, 1.807) is 0 Å². The zero-order chi connectivity index (χ0) is 14.4. The summed E-state index contributed by atoms with van der Waals surface area (Å²) < 4.78 is 7.25. The van der Waals surface area contributed by atoms with Crippen LogP contribution in [0.1, 0.15) is 12.0 Å². The SMILES string of the molecule is CN=C(NCCc1cnn(C)c1)N(C)CC1CCOC1. The predicted octanol–water partition coefficient (Wildman–Crippen LogP) is 0.506. The molecule has 2 heterocycles. The van der Waals surface area contributed by atoms with Crippen LogP contribution in [0.15, 0.2) is 17.4 Å². The number of aromatic nitrogens is 2. The van der Waals surface area contributed by atoms with Gasteiger partial charge in [-0.1, -0.05) is 0 Å². The maximum atomic E-state index is 5.42. The molecule has 1 N–H and O–H groups in total. The maximum absolute atomic E-state index is 5.42. The molecule has 1 aromatic heterocycles. The molecule has 0 bridgehead atoms.